The molecular formula is C19H28ClN4O6P. The quantitative estimate of drug-likeness (QED) is 0.300. The van der Waals surface area contributed by atoms with Crippen molar-refractivity contribution < 1.29 is 28.9 Å². The number of aliphatic hydroxyl groups is 1. The zero-order valence-electron chi connectivity index (χ0n) is 17.1. The number of anilines is 1. The lowest BCUT2D eigenvalue weighted by Gasteiger charge is -2.16. The highest BCUT2D eigenvalue weighted by atomic mass is 35.5. The molecule has 0 bridgehead atoms. The summed E-state index contributed by atoms with van der Waals surface area (Å²) in [6.45, 7) is -0.0571. The van der Waals surface area contributed by atoms with E-state index < -0.39 is 26.2 Å². The van der Waals surface area contributed by atoms with Crippen molar-refractivity contribution in [2.75, 3.05) is 18.3 Å². The number of aliphatic hydroxyl groups excluding tert-OH is 1. The maximum atomic E-state index is 10.9. The van der Waals surface area contributed by atoms with E-state index in [9.17, 15) is 9.67 Å². The lowest BCUT2D eigenvalue weighted by Crippen LogP contribution is -2.32. The smallest absolute Gasteiger partial charge is 0.350 e. The third-order valence-corrected chi connectivity index (χ3v) is 6.56. The van der Waals surface area contributed by atoms with Crippen molar-refractivity contribution in [2.45, 2.75) is 75.3 Å². The van der Waals surface area contributed by atoms with E-state index in [-0.39, 0.29) is 24.0 Å². The Hall–Kier alpha value is -1.13. The number of fused-ring (bicyclic) bond motifs is 1. The number of aromatic nitrogens is 2. The first-order chi connectivity index (χ1) is 14.8. The van der Waals surface area contributed by atoms with Gasteiger partial charge in [-0.1, -0.05) is 12.8 Å². The van der Waals surface area contributed by atoms with Crippen LogP contribution in [0.25, 0.3) is 6.08 Å². The van der Waals surface area contributed by atoms with Crippen LogP contribution in [0.1, 0.15) is 44.9 Å². The molecule has 4 atom stereocenters. The molecule has 1 unspecified atom stereocenters. The predicted molar refractivity (Wildman–Crippen MR) is 113 cm³/mol. The minimum absolute atomic E-state index is 0.0571. The molecule has 172 valence electrons. The fourth-order valence-corrected chi connectivity index (χ4v) is 4.89. The summed E-state index contributed by atoms with van der Waals surface area (Å²) in [4.78, 5) is 31.0. The second kappa shape index (κ2) is 9.79. The molecule has 0 amide bonds. The van der Waals surface area contributed by atoms with Crippen LogP contribution in [-0.4, -0.2) is 68.2 Å². The minimum atomic E-state index is -4.23. The first-order valence-electron chi connectivity index (χ1n) is 10.6. The number of halogens is 1. The molecule has 10 nitrogen and oxygen atoms in total. The first kappa shape index (κ1) is 23.0. The van der Waals surface area contributed by atoms with Crippen molar-refractivity contribution in [3.8, 4) is 0 Å². The molecule has 0 aromatic carbocycles. The molecule has 4 N–H and O–H groups in total. The summed E-state index contributed by atoms with van der Waals surface area (Å²) >= 11 is 6.10. The number of rotatable bonds is 9. The van der Waals surface area contributed by atoms with Crippen LogP contribution in [0.15, 0.2) is 4.99 Å². The van der Waals surface area contributed by atoms with Crippen molar-refractivity contribution in [3.05, 3.63) is 16.0 Å². The monoisotopic (exact) mass is 474 g/mol. The minimum Gasteiger partial charge on any atom is -0.390 e. The molecule has 4 rings (SSSR count). The van der Waals surface area contributed by atoms with Crippen LogP contribution in [0.4, 0.5) is 5.82 Å². The van der Waals surface area contributed by atoms with Crippen molar-refractivity contribution in [1.29, 1.82) is 0 Å². The third kappa shape index (κ3) is 6.22. The standard InChI is InChI=1S/C19H28ClN4O6P/c20-19-23-17(21-11-3-1-2-4-11)14-7-12(22-18(14)24-19)5-6-13-8-15(25)16(30-13)9-29-10-31(26,27)28/h7,11-13,15-16,25H,1-6,8-10H2,(H2,26,27,28)(H,21,22,23,24)/t12?,13-,15-,16+/m0/s1. The first-order valence-corrected chi connectivity index (χ1v) is 12.8. The molecule has 0 radical (unpaired) electrons. The number of hydrogen-bond acceptors (Lipinski definition) is 8. The van der Waals surface area contributed by atoms with E-state index in [1.54, 1.807) is 0 Å². The second-order valence-electron chi connectivity index (χ2n) is 8.41. The Kier molecular flexibility index (Phi) is 7.27. The van der Waals surface area contributed by atoms with Crippen LogP contribution in [0.5, 0.6) is 0 Å². The van der Waals surface area contributed by atoms with E-state index >= 15 is 0 Å². The molecule has 2 aliphatic heterocycles. The Balaban J connectivity index is 1.32. The largest absolute Gasteiger partial charge is 0.390 e. The van der Waals surface area contributed by atoms with Crippen LogP contribution in [0, 0.1) is 0 Å². The fraction of sp³-hybridized carbons (Fsp3) is 0.737. The fourth-order valence-electron chi connectivity index (χ4n) is 4.39. The van der Waals surface area contributed by atoms with E-state index in [1.165, 1.54) is 12.8 Å². The Morgan fingerprint density at radius 1 is 1.26 bits per heavy atom. The highest BCUT2D eigenvalue weighted by Crippen LogP contribution is 2.34. The van der Waals surface area contributed by atoms with Gasteiger partial charge in [0.1, 0.15) is 18.3 Å². The topological polar surface area (TPSA) is 146 Å². The normalized spacial score (nSPS) is 28.4. The highest BCUT2D eigenvalue weighted by Gasteiger charge is 2.34. The Bertz CT molecular complexity index is 953. The van der Waals surface area contributed by atoms with Gasteiger partial charge < -0.3 is 29.7 Å². The molecule has 1 aromatic heterocycles. The Morgan fingerprint density at radius 2 is 2.03 bits per heavy atom. The van der Waals surface area contributed by atoms with E-state index in [0.717, 1.165) is 23.9 Å². The molecule has 12 heteroatoms. The molecule has 1 saturated heterocycles. The zero-order chi connectivity index (χ0) is 22.0. The van der Waals surface area contributed by atoms with Crippen molar-refractivity contribution in [3.63, 3.8) is 0 Å². The number of nitrogens with one attached hydrogen (secondary N) is 1. The van der Waals surface area contributed by atoms with Crippen LogP contribution >= 0.6 is 19.2 Å². The summed E-state index contributed by atoms with van der Waals surface area (Å²) in [5, 5.41) is 14.7. The maximum Gasteiger partial charge on any atom is 0.350 e. The van der Waals surface area contributed by atoms with Gasteiger partial charge in [0.2, 0.25) is 5.28 Å². The highest BCUT2D eigenvalue weighted by molar-refractivity contribution is 7.51. The molecule has 2 fully saturated rings. The van der Waals surface area contributed by atoms with Crippen molar-refractivity contribution in [2.24, 2.45) is 4.99 Å². The predicted octanol–water partition coefficient (Wildman–Crippen LogP) is 0.717. The molecular weight excluding hydrogens is 447 g/mol. The summed E-state index contributed by atoms with van der Waals surface area (Å²) < 4.78 is 21.7. The average molecular weight is 475 g/mol. The van der Waals surface area contributed by atoms with Crippen LogP contribution < -0.4 is 16.0 Å². The van der Waals surface area contributed by atoms with Gasteiger partial charge in [-0.15, -0.1) is 0 Å². The number of nitrogens with zero attached hydrogens (tertiary/aromatic N) is 3. The van der Waals surface area contributed by atoms with Gasteiger partial charge in [0.15, 0.2) is 5.49 Å². The Morgan fingerprint density at radius 3 is 2.77 bits per heavy atom. The summed E-state index contributed by atoms with van der Waals surface area (Å²) in [5.74, 6) is 0.739. The van der Waals surface area contributed by atoms with Crippen LogP contribution in [0.2, 0.25) is 5.28 Å². The maximum absolute atomic E-state index is 10.9. The summed E-state index contributed by atoms with van der Waals surface area (Å²) in [6.07, 6.45) is 6.40. The summed E-state index contributed by atoms with van der Waals surface area (Å²) in [7, 11) is -4.23. The van der Waals surface area contributed by atoms with E-state index in [2.05, 4.69) is 26.4 Å². The second-order valence-corrected chi connectivity index (χ2v) is 10.3. The van der Waals surface area contributed by atoms with Crippen molar-refractivity contribution >= 4 is 31.1 Å². The van der Waals surface area contributed by atoms with Gasteiger partial charge in [0, 0.05) is 12.5 Å². The van der Waals surface area contributed by atoms with Gasteiger partial charge in [-0.25, -0.2) is 4.98 Å². The van der Waals surface area contributed by atoms with Gasteiger partial charge >= 0.3 is 7.60 Å². The number of ether oxygens (including phenoxy) is 2. The summed E-state index contributed by atoms with van der Waals surface area (Å²) in [6, 6.07) is 0.332. The Labute approximate surface area is 184 Å². The SMILES string of the molecule is O=P(O)(O)COC[C@H]1O[C@@H](CCC2C=c3c(NC4CCCC4)nc(Cl)nc3=N2)C[C@@H]1O. The molecule has 1 aromatic rings. The molecule has 3 aliphatic rings. The zero-order valence-corrected chi connectivity index (χ0v) is 18.7. The van der Waals surface area contributed by atoms with Gasteiger partial charge in [-0.2, -0.15) is 4.98 Å². The third-order valence-electron chi connectivity index (χ3n) is 5.87. The molecule has 3 heterocycles. The van der Waals surface area contributed by atoms with Crippen molar-refractivity contribution in [1.82, 2.24) is 9.97 Å². The van der Waals surface area contributed by atoms with Gasteiger partial charge in [0.25, 0.3) is 0 Å². The summed E-state index contributed by atoms with van der Waals surface area (Å²) in [5.41, 5.74) is 0.599. The van der Waals surface area contributed by atoms with E-state index in [0.29, 0.717) is 30.8 Å². The molecule has 1 saturated carbocycles. The van der Waals surface area contributed by atoms with Crippen LogP contribution in [-0.2, 0) is 14.0 Å². The van der Waals surface area contributed by atoms with E-state index in [1.807, 2.05) is 0 Å². The lowest BCUT2D eigenvalue weighted by atomic mass is 10.0. The molecule has 31 heavy (non-hydrogen) atoms. The van der Waals surface area contributed by atoms with Gasteiger partial charge in [-0.3, -0.25) is 9.56 Å². The lowest BCUT2D eigenvalue weighted by molar-refractivity contribution is -0.0400. The number of hydrogen-bond donors (Lipinski definition) is 4. The van der Waals surface area contributed by atoms with Gasteiger partial charge in [0.05, 0.1) is 30.1 Å². The molecule has 1 aliphatic carbocycles. The van der Waals surface area contributed by atoms with Crippen LogP contribution in [0.3, 0.4) is 0 Å². The average Bonchev–Trinajstić information content (AvgIpc) is 3.40. The molecule has 0 spiro atoms. The van der Waals surface area contributed by atoms with E-state index in [4.69, 9.17) is 30.9 Å². The van der Waals surface area contributed by atoms with Gasteiger partial charge in [-0.05, 0) is 43.4 Å².